The van der Waals surface area contributed by atoms with E-state index in [2.05, 4.69) is 16.3 Å². The van der Waals surface area contributed by atoms with Crippen LogP contribution in [-0.2, 0) is 4.79 Å². The van der Waals surface area contributed by atoms with Crippen LogP contribution in [0.3, 0.4) is 0 Å². The van der Waals surface area contributed by atoms with Crippen LogP contribution in [0.25, 0.3) is 10.2 Å². The normalized spacial score (nSPS) is 17.3. The van der Waals surface area contributed by atoms with E-state index in [1.165, 1.54) is 4.70 Å². The third-order valence-corrected chi connectivity index (χ3v) is 5.89. The van der Waals surface area contributed by atoms with Crippen molar-refractivity contribution in [1.29, 1.82) is 0 Å². The van der Waals surface area contributed by atoms with E-state index in [-0.39, 0.29) is 11.9 Å². The number of thiazole rings is 1. The van der Waals surface area contributed by atoms with Gasteiger partial charge in [-0.1, -0.05) is 12.1 Å². The zero-order chi connectivity index (χ0) is 18.6. The van der Waals surface area contributed by atoms with Gasteiger partial charge in [-0.15, -0.1) is 11.3 Å². The van der Waals surface area contributed by atoms with E-state index in [0.29, 0.717) is 13.2 Å². The number of benzene rings is 2. The SMILES string of the molecule is CCOc1ccc(NC(=O)CN2CCC[C@@H]2c2nc3ccccc3s2)cc1. The minimum absolute atomic E-state index is 0.00664. The Kier molecular flexibility index (Phi) is 5.36. The molecule has 140 valence electrons. The summed E-state index contributed by atoms with van der Waals surface area (Å²) in [4.78, 5) is 19.6. The number of carbonyl (C=O) groups excluding carboxylic acids is 1. The highest BCUT2D eigenvalue weighted by Crippen LogP contribution is 2.36. The van der Waals surface area contributed by atoms with Gasteiger partial charge in [-0.05, 0) is 62.7 Å². The molecule has 1 N–H and O–H groups in total. The molecule has 1 atom stereocenters. The van der Waals surface area contributed by atoms with Crippen LogP contribution >= 0.6 is 11.3 Å². The quantitative estimate of drug-likeness (QED) is 0.684. The molecule has 4 rings (SSSR count). The van der Waals surface area contributed by atoms with Crippen LogP contribution in [0.2, 0.25) is 0 Å². The van der Waals surface area contributed by atoms with E-state index in [1.807, 2.05) is 49.4 Å². The number of amides is 1. The molecule has 0 aliphatic carbocycles. The third kappa shape index (κ3) is 4.12. The van der Waals surface area contributed by atoms with Crippen LogP contribution in [0.4, 0.5) is 5.69 Å². The van der Waals surface area contributed by atoms with Crippen molar-refractivity contribution in [2.45, 2.75) is 25.8 Å². The molecule has 1 aromatic heterocycles. The van der Waals surface area contributed by atoms with Gasteiger partial charge in [0.15, 0.2) is 0 Å². The van der Waals surface area contributed by atoms with E-state index in [0.717, 1.165) is 41.3 Å². The summed E-state index contributed by atoms with van der Waals surface area (Å²) in [5.41, 5.74) is 1.84. The van der Waals surface area contributed by atoms with Crippen molar-refractivity contribution >= 4 is 33.1 Å². The number of para-hydroxylation sites is 1. The Morgan fingerprint density at radius 2 is 2.07 bits per heavy atom. The number of rotatable bonds is 6. The highest BCUT2D eigenvalue weighted by molar-refractivity contribution is 7.18. The largest absolute Gasteiger partial charge is 0.494 e. The molecular weight excluding hydrogens is 358 g/mol. The maximum absolute atomic E-state index is 12.5. The van der Waals surface area contributed by atoms with E-state index in [1.54, 1.807) is 11.3 Å². The minimum Gasteiger partial charge on any atom is -0.494 e. The minimum atomic E-state index is 0.00664. The summed E-state index contributed by atoms with van der Waals surface area (Å²) in [7, 11) is 0. The van der Waals surface area contributed by atoms with Crippen LogP contribution in [0, 0.1) is 0 Å². The summed E-state index contributed by atoms with van der Waals surface area (Å²) in [6.45, 7) is 3.90. The number of nitrogens with zero attached hydrogens (tertiary/aromatic N) is 2. The van der Waals surface area contributed by atoms with Crippen LogP contribution in [0.1, 0.15) is 30.8 Å². The molecule has 0 spiro atoms. The lowest BCUT2D eigenvalue weighted by Gasteiger charge is -2.22. The smallest absolute Gasteiger partial charge is 0.238 e. The molecule has 0 radical (unpaired) electrons. The second kappa shape index (κ2) is 8.06. The number of anilines is 1. The van der Waals surface area contributed by atoms with Gasteiger partial charge in [0.1, 0.15) is 10.8 Å². The first-order valence-electron chi connectivity index (χ1n) is 9.35. The van der Waals surface area contributed by atoms with Gasteiger partial charge in [-0.3, -0.25) is 9.69 Å². The van der Waals surface area contributed by atoms with Gasteiger partial charge in [0.05, 0.1) is 29.4 Å². The molecule has 6 heteroatoms. The van der Waals surface area contributed by atoms with Gasteiger partial charge in [-0.2, -0.15) is 0 Å². The number of ether oxygens (including phenoxy) is 1. The van der Waals surface area contributed by atoms with Crippen molar-refractivity contribution in [3.05, 3.63) is 53.5 Å². The van der Waals surface area contributed by atoms with Gasteiger partial charge in [0.25, 0.3) is 0 Å². The van der Waals surface area contributed by atoms with E-state index >= 15 is 0 Å². The fourth-order valence-electron chi connectivity index (χ4n) is 3.51. The Morgan fingerprint density at radius 1 is 1.26 bits per heavy atom. The van der Waals surface area contributed by atoms with Crippen LogP contribution < -0.4 is 10.1 Å². The lowest BCUT2D eigenvalue weighted by atomic mass is 10.2. The van der Waals surface area contributed by atoms with Crippen molar-refractivity contribution in [2.24, 2.45) is 0 Å². The number of fused-ring (bicyclic) bond motifs is 1. The zero-order valence-corrected chi connectivity index (χ0v) is 16.2. The third-order valence-electron chi connectivity index (χ3n) is 4.75. The molecule has 1 amide bonds. The summed E-state index contributed by atoms with van der Waals surface area (Å²) in [5, 5.41) is 4.10. The number of nitrogens with one attached hydrogen (secondary N) is 1. The summed E-state index contributed by atoms with van der Waals surface area (Å²) in [5.74, 6) is 0.818. The Hall–Kier alpha value is -2.44. The monoisotopic (exact) mass is 381 g/mol. The first-order valence-corrected chi connectivity index (χ1v) is 10.2. The lowest BCUT2D eigenvalue weighted by Crippen LogP contribution is -2.32. The lowest BCUT2D eigenvalue weighted by molar-refractivity contribution is -0.117. The number of likely N-dealkylation sites (tertiary alicyclic amines) is 1. The van der Waals surface area contributed by atoms with Gasteiger partial charge in [-0.25, -0.2) is 4.98 Å². The molecule has 27 heavy (non-hydrogen) atoms. The van der Waals surface area contributed by atoms with Crippen molar-refractivity contribution < 1.29 is 9.53 Å². The fourth-order valence-corrected chi connectivity index (χ4v) is 4.65. The first-order chi connectivity index (χ1) is 13.2. The standard InChI is InChI=1S/C21H23N3O2S/c1-2-26-16-11-9-15(10-12-16)22-20(25)14-24-13-5-7-18(24)21-23-17-6-3-4-8-19(17)27-21/h3-4,6,8-12,18H,2,5,7,13-14H2,1H3,(H,22,25)/t18-/m1/s1. The second-order valence-electron chi connectivity index (χ2n) is 6.65. The Balaban J connectivity index is 1.40. The molecule has 3 aromatic rings. The van der Waals surface area contributed by atoms with Crippen LogP contribution in [-0.4, -0.2) is 35.5 Å². The average molecular weight is 382 g/mol. The Morgan fingerprint density at radius 3 is 2.85 bits per heavy atom. The van der Waals surface area contributed by atoms with Gasteiger partial charge < -0.3 is 10.1 Å². The topological polar surface area (TPSA) is 54.5 Å². The summed E-state index contributed by atoms with van der Waals surface area (Å²) < 4.78 is 6.64. The summed E-state index contributed by atoms with van der Waals surface area (Å²) in [6.07, 6.45) is 2.15. The predicted octanol–water partition coefficient (Wildman–Crippen LogP) is 4.47. The van der Waals surface area contributed by atoms with E-state index in [9.17, 15) is 4.79 Å². The van der Waals surface area contributed by atoms with E-state index in [4.69, 9.17) is 9.72 Å². The fraction of sp³-hybridized carbons (Fsp3) is 0.333. The van der Waals surface area contributed by atoms with Crippen LogP contribution in [0.5, 0.6) is 5.75 Å². The molecular formula is C21H23N3O2S. The van der Waals surface area contributed by atoms with Crippen LogP contribution in [0.15, 0.2) is 48.5 Å². The maximum Gasteiger partial charge on any atom is 0.238 e. The summed E-state index contributed by atoms with van der Waals surface area (Å²) in [6, 6.07) is 15.9. The average Bonchev–Trinajstić information content (AvgIpc) is 3.29. The molecule has 1 aliphatic rings. The Labute approximate surface area is 163 Å². The molecule has 1 saturated heterocycles. The molecule has 5 nitrogen and oxygen atoms in total. The number of aromatic nitrogens is 1. The molecule has 2 aromatic carbocycles. The van der Waals surface area contributed by atoms with Crippen molar-refractivity contribution in [1.82, 2.24) is 9.88 Å². The number of hydrogen-bond acceptors (Lipinski definition) is 5. The van der Waals surface area contributed by atoms with E-state index < -0.39 is 0 Å². The highest BCUT2D eigenvalue weighted by Gasteiger charge is 2.30. The zero-order valence-electron chi connectivity index (χ0n) is 15.4. The van der Waals surface area contributed by atoms with Gasteiger partial charge in [0.2, 0.25) is 5.91 Å². The molecule has 0 bridgehead atoms. The molecule has 0 saturated carbocycles. The van der Waals surface area contributed by atoms with Crippen molar-refractivity contribution in [3.63, 3.8) is 0 Å². The molecule has 0 unspecified atom stereocenters. The van der Waals surface area contributed by atoms with Crippen molar-refractivity contribution in [3.8, 4) is 5.75 Å². The predicted molar refractivity (Wildman–Crippen MR) is 109 cm³/mol. The Bertz CT molecular complexity index is 890. The molecule has 1 aliphatic heterocycles. The maximum atomic E-state index is 12.5. The molecule has 2 heterocycles. The first kappa shape index (κ1) is 17.9. The summed E-state index contributed by atoms with van der Waals surface area (Å²) >= 11 is 1.74. The van der Waals surface area contributed by atoms with Gasteiger partial charge in [0, 0.05) is 5.69 Å². The second-order valence-corrected chi connectivity index (χ2v) is 7.72. The highest BCUT2D eigenvalue weighted by atomic mass is 32.1. The van der Waals surface area contributed by atoms with Crippen molar-refractivity contribution in [2.75, 3.05) is 25.0 Å². The number of carbonyl (C=O) groups is 1. The number of hydrogen-bond donors (Lipinski definition) is 1. The van der Waals surface area contributed by atoms with Gasteiger partial charge >= 0.3 is 0 Å². The molecule has 1 fully saturated rings.